The summed E-state index contributed by atoms with van der Waals surface area (Å²) in [6, 6.07) is 0. The fourth-order valence-corrected chi connectivity index (χ4v) is 9.85. The van der Waals surface area contributed by atoms with E-state index < -0.39 is 84.8 Å². The fraction of sp³-hybridized carbons (Fsp3) is 0.844. The molecule has 9 N–H and O–H groups in total. The quantitative estimate of drug-likeness (QED) is 0.0402. The highest BCUT2D eigenvalue weighted by molar-refractivity contribution is 5.77. The topological polar surface area (TPSA) is 236 Å². The van der Waals surface area contributed by atoms with Gasteiger partial charge in [-0.3, -0.25) is 10.1 Å². The zero-order valence-corrected chi connectivity index (χ0v) is 26.6. The number of carbonyl (C=O) groups excluding carboxylic acids is 1. The number of rotatable bonds is 10. The van der Waals surface area contributed by atoms with Crippen LogP contribution in [0.3, 0.4) is 0 Å². The summed E-state index contributed by atoms with van der Waals surface area (Å²) < 4.78 is 17.0. The Balaban J connectivity index is 1.40. The van der Waals surface area contributed by atoms with Crippen LogP contribution in [0.2, 0.25) is 0 Å². The zero-order valence-electron chi connectivity index (χ0n) is 26.6. The second-order valence-electron chi connectivity index (χ2n) is 14.7. The van der Waals surface area contributed by atoms with E-state index in [4.69, 9.17) is 19.3 Å². The number of hydrogen-bond donors (Lipinski definition) is 9. The van der Waals surface area contributed by atoms with Gasteiger partial charge in [-0.1, -0.05) is 19.4 Å². The van der Waals surface area contributed by atoms with Crippen LogP contribution in [-0.2, 0) is 23.9 Å². The monoisotopic (exact) mass is 658 g/mol. The average Bonchev–Trinajstić information content (AvgIpc) is 3.19. The molecule has 46 heavy (non-hydrogen) atoms. The third-order valence-electron chi connectivity index (χ3n) is 12.2. The minimum Gasteiger partial charge on any atom is -0.506 e. The summed E-state index contributed by atoms with van der Waals surface area (Å²) in [6.07, 6.45) is -4.76. The lowest BCUT2D eigenvalue weighted by Gasteiger charge is -2.63. The lowest BCUT2D eigenvalue weighted by atomic mass is 9.41. The van der Waals surface area contributed by atoms with Crippen LogP contribution in [0.15, 0.2) is 23.2 Å². The van der Waals surface area contributed by atoms with Crippen molar-refractivity contribution in [1.82, 2.24) is 0 Å². The molecule has 2 bridgehead atoms. The van der Waals surface area contributed by atoms with E-state index >= 15 is 0 Å². The molecule has 1 aliphatic heterocycles. The number of fused-ring (bicyclic) bond motifs is 3. The van der Waals surface area contributed by atoms with Crippen LogP contribution in [0.5, 0.6) is 0 Å². The SMILES string of the molecule is CC1=CC23CCC4C(C)(C(=O)OC5OC(CO)C(O)C(OO)C5OC(O)/C(O)=C(/O)C(O)CCO)CCCC4(C)C2CCC1(O)C3. The van der Waals surface area contributed by atoms with Gasteiger partial charge in [0.15, 0.2) is 23.7 Å². The molecule has 5 rings (SSSR count). The van der Waals surface area contributed by atoms with Gasteiger partial charge >= 0.3 is 5.97 Å². The highest BCUT2D eigenvalue weighted by Gasteiger charge is 2.67. The van der Waals surface area contributed by atoms with Crippen LogP contribution < -0.4 is 0 Å². The molecule has 1 saturated heterocycles. The summed E-state index contributed by atoms with van der Waals surface area (Å²) in [5.41, 5.74) is -1.12. The summed E-state index contributed by atoms with van der Waals surface area (Å²) >= 11 is 0. The molecule has 0 amide bonds. The molecule has 4 aliphatic carbocycles. The van der Waals surface area contributed by atoms with Gasteiger partial charge in [-0.25, -0.2) is 4.89 Å². The number of aliphatic hydroxyl groups is 8. The molecule has 1 heterocycles. The standard InChI is InChI=1S/C32H50O14/c1-16-13-31-10-5-19-29(2,20(31)6-11-32(16,41)15-31)8-4-9-30(19,3)28(40)45-27-25(24(46-42)22(37)18(14-34)43-27)44-26(39)23(38)21(36)17(35)7-12-33/h13,17-20,22,24-27,33-39,41-42H,4-12,14-15H2,1-3H3/b23-21-. The van der Waals surface area contributed by atoms with Crippen LogP contribution in [0.4, 0.5) is 0 Å². The van der Waals surface area contributed by atoms with Gasteiger partial charge < -0.3 is 55.1 Å². The predicted octanol–water partition coefficient (Wildman–Crippen LogP) is 1.32. The second-order valence-corrected chi connectivity index (χ2v) is 14.7. The van der Waals surface area contributed by atoms with Gasteiger partial charge in [0.1, 0.15) is 18.3 Å². The molecular formula is C32H50O14. The van der Waals surface area contributed by atoms with E-state index in [2.05, 4.69) is 17.9 Å². The van der Waals surface area contributed by atoms with E-state index in [0.29, 0.717) is 19.3 Å². The molecule has 13 unspecified atom stereocenters. The minimum absolute atomic E-state index is 0.0908. The maximum Gasteiger partial charge on any atom is 0.314 e. The Kier molecular flexibility index (Phi) is 9.93. The van der Waals surface area contributed by atoms with E-state index in [-0.39, 0.29) is 29.1 Å². The average molecular weight is 659 g/mol. The molecule has 262 valence electrons. The molecule has 5 aliphatic rings. The molecule has 0 radical (unpaired) electrons. The fourth-order valence-electron chi connectivity index (χ4n) is 9.85. The third-order valence-corrected chi connectivity index (χ3v) is 12.2. The molecule has 1 spiro atoms. The smallest absolute Gasteiger partial charge is 0.314 e. The Morgan fingerprint density at radius 2 is 1.74 bits per heavy atom. The Labute approximate surface area is 267 Å². The van der Waals surface area contributed by atoms with Crippen LogP contribution in [0, 0.1) is 28.1 Å². The van der Waals surface area contributed by atoms with Crippen LogP contribution in [-0.4, -0.2) is 114 Å². The van der Waals surface area contributed by atoms with Crippen molar-refractivity contribution in [3.63, 3.8) is 0 Å². The number of ether oxygens (including phenoxy) is 3. The van der Waals surface area contributed by atoms with Crippen molar-refractivity contribution in [2.75, 3.05) is 13.2 Å². The van der Waals surface area contributed by atoms with Gasteiger partial charge in [0.2, 0.25) is 12.6 Å². The van der Waals surface area contributed by atoms with Crippen LogP contribution in [0.1, 0.15) is 78.6 Å². The molecule has 4 fully saturated rings. The maximum atomic E-state index is 14.3. The van der Waals surface area contributed by atoms with Crippen molar-refractivity contribution in [2.45, 2.75) is 127 Å². The Morgan fingerprint density at radius 3 is 2.39 bits per heavy atom. The number of allylic oxidation sites excluding steroid dienone is 1. The van der Waals surface area contributed by atoms with Gasteiger partial charge in [0.05, 0.1) is 17.6 Å². The summed E-state index contributed by atoms with van der Waals surface area (Å²) in [4.78, 5) is 18.7. The van der Waals surface area contributed by atoms with E-state index in [9.17, 15) is 45.8 Å². The molecular weight excluding hydrogens is 608 g/mol. The summed E-state index contributed by atoms with van der Waals surface area (Å²) in [6.45, 7) is 4.79. The van der Waals surface area contributed by atoms with E-state index in [0.717, 1.165) is 37.7 Å². The van der Waals surface area contributed by atoms with Crippen molar-refractivity contribution in [1.29, 1.82) is 0 Å². The van der Waals surface area contributed by atoms with Crippen LogP contribution in [0.25, 0.3) is 0 Å². The Morgan fingerprint density at radius 1 is 1.04 bits per heavy atom. The van der Waals surface area contributed by atoms with Crippen molar-refractivity contribution in [3.05, 3.63) is 23.2 Å². The minimum atomic E-state index is -2.38. The van der Waals surface area contributed by atoms with Gasteiger partial charge in [-0.15, -0.1) is 0 Å². The third kappa shape index (κ3) is 5.67. The molecule has 14 heteroatoms. The first kappa shape index (κ1) is 35.5. The number of hydrogen-bond acceptors (Lipinski definition) is 14. The van der Waals surface area contributed by atoms with Crippen molar-refractivity contribution in [2.24, 2.45) is 28.1 Å². The normalized spacial score (nSPS) is 45.5. The molecule has 0 aromatic heterocycles. The highest BCUT2D eigenvalue weighted by atomic mass is 17.1. The maximum absolute atomic E-state index is 14.3. The van der Waals surface area contributed by atoms with Gasteiger partial charge in [0, 0.05) is 13.0 Å². The highest BCUT2D eigenvalue weighted by Crippen LogP contribution is 2.71. The molecule has 3 saturated carbocycles. The van der Waals surface area contributed by atoms with Gasteiger partial charge in [-0.2, -0.15) is 0 Å². The summed E-state index contributed by atoms with van der Waals surface area (Å²) in [5.74, 6) is -2.82. The first-order valence-electron chi connectivity index (χ1n) is 16.2. The van der Waals surface area contributed by atoms with Crippen molar-refractivity contribution >= 4 is 5.97 Å². The lowest BCUT2D eigenvalue weighted by Crippen LogP contribution is -2.63. The number of esters is 1. The largest absolute Gasteiger partial charge is 0.506 e. The van der Waals surface area contributed by atoms with Crippen molar-refractivity contribution < 1.29 is 70.0 Å². The van der Waals surface area contributed by atoms with Crippen molar-refractivity contribution in [3.8, 4) is 0 Å². The summed E-state index contributed by atoms with van der Waals surface area (Å²) in [7, 11) is 0. The van der Waals surface area contributed by atoms with E-state index in [1.54, 1.807) is 0 Å². The van der Waals surface area contributed by atoms with Crippen LogP contribution >= 0.6 is 0 Å². The molecule has 14 nitrogen and oxygen atoms in total. The molecule has 0 aromatic rings. The van der Waals surface area contributed by atoms with E-state index in [1.165, 1.54) is 0 Å². The number of aliphatic hydroxyl groups excluding tert-OH is 7. The zero-order chi connectivity index (χ0) is 33.8. The second kappa shape index (κ2) is 12.9. The molecule has 0 aromatic carbocycles. The van der Waals surface area contributed by atoms with Gasteiger partial charge in [-0.05, 0) is 87.0 Å². The Hall–Kier alpha value is -1.85. The van der Waals surface area contributed by atoms with E-state index in [1.807, 2.05) is 13.8 Å². The predicted molar refractivity (Wildman–Crippen MR) is 157 cm³/mol. The molecule has 13 atom stereocenters. The Bertz CT molecular complexity index is 1210. The number of carbonyl (C=O) groups is 1. The first-order chi connectivity index (χ1) is 21.6. The van der Waals surface area contributed by atoms with Gasteiger partial charge in [0.25, 0.3) is 0 Å². The first-order valence-corrected chi connectivity index (χ1v) is 16.2. The lowest BCUT2D eigenvalue weighted by molar-refractivity contribution is -0.388. The summed E-state index contributed by atoms with van der Waals surface area (Å²) in [5, 5.41) is 91.4.